The molecule has 0 atom stereocenters. The fraction of sp³-hybridized carbons (Fsp3) is 0.200. The lowest BCUT2D eigenvalue weighted by Crippen LogP contribution is -2.22. The van der Waals surface area contributed by atoms with Gasteiger partial charge in [0.2, 0.25) is 5.91 Å². The van der Waals surface area contributed by atoms with Crippen molar-refractivity contribution in [2.45, 2.75) is 13.0 Å². The van der Waals surface area contributed by atoms with Gasteiger partial charge < -0.3 is 15.1 Å². The molecule has 2 aromatic heterocycles. The fourth-order valence-electron chi connectivity index (χ4n) is 2.24. The number of hydrogen-bond acceptors (Lipinski definition) is 5. The Bertz CT molecular complexity index is 723. The molecule has 1 aliphatic rings. The fourth-order valence-corrected chi connectivity index (χ4v) is 3.41. The molecule has 5 nitrogen and oxygen atoms in total. The summed E-state index contributed by atoms with van der Waals surface area (Å²) in [6, 6.07) is 3.97. The quantitative estimate of drug-likeness (QED) is 0.854. The molecule has 0 unspecified atom stereocenters. The lowest BCUT2D eigenvalue weighted by molar-refractivity contribution is -0.111. The smallest absolute Gasteiger partial charge is 0.249 e. The highest BCUT2D eigenvalue weighted by Crippen LogP contribution is 2.34. The zero-order valence-corrected chi connectivity index (χ0v) is 12.0. The Kier molecular flexibility index (Phi) is 3.86. The second-order valence-corrected chi connectivity index (χ2v) is 5.73. The van der Waals surface area contributed by atoms with Gasteiger partial charge >= 0.3 is 0 Å². The van der Waals surface area contributed by atoms with Gasteiger partial charge in [-0.1, -0.05) is 0 Å². The number of anilines is 1. The summed E-state index contributed by atoms with van der Waals surface area (Å²) in [5.41, 5.74) is 2.48. The van der Waals surface area contributed by atoms with E-state index >= 15 is 0 Å². The number of thiophene rings is 1. The largest absolute Gasteiger partial charge is 0.472 e. The first-order chi connectivity index (χ1) is 10.3. The third-order valence-electron chi connectivity index (χ3n) is 3.25. The summed E-state index contributed by atoms with van der Waals surface area (Å²) in [5, 5.41) is 16.0. The first-order valence-electron chi connectivity index (χ1n) is 6.54. The Hall–Kier alpha value is -2.36. The number of rotatable bonds is 3. The van der Waals surface area contributed by atoms with E-state index in [2.05, 4.69) is 16.7 Å². The van der Waals surface area contributed by atoms with Gasteiger partial charge in [0.05, 0.1) is 18.1 Å². The summed E-state index contributed by atoms with van der Waals surface area (Å²) >= 11 is 1.47. The molecular formula is C15H13N3O2S. The van der Waals surface area contributed by atoms with Gasteiger partial charge in [-0.15, -0.1) is 11.3 Å². The zero-order valence-electron chi connectivity index (χ0n) is 11.2. The van der Waals surface area contributed by atoms with Crippen LogP contribution in [0.3, 0.4) is 0 Å². The van der Waals surface area contributed by atoms with E-state index in [9.17, 15) is 10.1 Å². The number of furan rings is 1. The van der Waals surface area contributed by atoms with Gasteiger partial charge in [-0.3, -0.25) is 4.79 Å². The molecular weight excluding hydrogens is 286 g/mol. The van der Waals surface area contributed by atoms with Gasteiger partial charge in [-0.25, -0.2) is 0 Å². The molecule has 0 aromatic carbocycles. The maximum absolute atomic E-state index is 11.9. The molecule has 0 fully saturated rings. The standard InChI is InChI=1S/C15H13N3O2S/c16-7-12-11-3-5-17-8-13(11)21-15(12)18-14(19)2-1-10-4-6-20-9-10/h1-2,4,6,9,17H,3,5,8H2,(H,18,19). The maximum Gasteiger partial charge on any atom is 0.249 e. The van der Waals surface area contributed by atoms with Crippen molar-refractivity contribution in [1.29, 1.82) is 5.26 Å². The third-order valence-corrected chi connectivity index (χ3v) is 4.39. The predicted octanol–water partition coefficient (Wildman–Crippen LogP) is 2.51. The Morgan fingerprint density at radius 2 is 2.48 bits per heavy atom. The Balaban J connectivity index is 1.77. The van der Waals surface area contributed by atoms with E-state index in [1.807, 2.05) is 0 Å². The molecule has 0 saturated carbocycles. The van der Waals surface area contributed by atoms with Crippen molar-refractivity contribution >= 4 is 28.3 Å². The summed E-state index contributed by atoms with van der Waals surface area (Å²) < 4.78 is 4.93. The second-order valence-electron chi connectivity index (χ2n) is 4.63. The van der Waals surface area contributed by atoms with Gasteiger partial charge in [-0.05, 0) is 30.7 Å². The van der Waals surface area contributed by atoms with E-state index in [-0.39, 0.29) is 5.91 Å². The molecule has 0 aliphatic carbocycles. The predicted molar refractivity (Wildman–Crippen MR) is 80.8 cm³/mol. The molecule has 3 rings (SSSR count). The van der Waals surface area contributed by atoms with Crippen LogP contribution in [0.1, 0.15) is 21.6 Å². The van der Waals surface area contributed by atoms with Crippen molar-refractivity contribution in [2.75, 3.05) is 11.9 Å². The van der Waals surface area contributed by atoms with Gasteiger partial charge in [0.1, 0.15) is 11.1 Å². The minimum absolute atomic E-state index is 0.251. The van der Waals surface area contributed by atoms with Crippen molar-refractivity contribution in [3.05, 3.63) is 46.2 Å². The molecule has 0 spiro atoms. The van der Waals surface area contributed by atoms with Crippen LogP contribution in [0.4, 0.5) is 5.00 Å². The Labute approximate surface area is 125 Å². The maximum atomic E-state index is 11.9. The summed E-state index contributed by atoms with van der Waals surface area (Å²) in [7, 11) is 0. The summed E-state index contributed by atoms with van der Waals surface area (Å²) in [5.74, 6) is -0.251. The van der Waals surface area contributed by atoms with E-state index in [0.29, 0.717) is 10.6 Å². The summed E-state index contributed by atoms with van der Waals surface area (Å²) in [6.45, 7) is 1.63. The van der Waals surface area contributed by atoms with Crippen molar-refractivity contribution in [3.63, 3.8) is 0 Å². The number of nitrogens with zero attached hydrogens (tertiary/aromatic N) is 1. The highest BCUT2D eigenvalue weighted by molar-refractivity contribution is 7.16. The Morgan fingerprint density at radius 1 is 1.57 bits per heavy atom. The van der Waals surface area contributed by atoms with E-state index in [4.69, 9.17) is 4.42 Å². The normalized spacial score (nSPS) is 13.9. The molecule has 0 saturated heterocycles. The van der Waals surface area contributed by atoms with Crippen LogP contribution in [0.2, 0.25) is 0 Å². The van der Waals surface area contributed by atoms with Crippen molar-refractivity contribution in [2.24, 2.45) is 0 Å². The average molecular weight is 299 g/mol. The molecule has 0 radical (unpaired) electrons. The molecule has 3 heterocycles. The van der Waals surface area contributed by atoms with E-state index in [1.165, 1.54) is 17.4 Å². The van der Waals surface area contributed by atoms with Gasteiger partial charge in [0, 0.05) is 23.1 Å². The van der Waals surface area contributed by atoms with Crippen molar-refractivity contribution in [3.8, 4) is 6.07 Å². The lowest BCUT2D eigenvalue weighted by atomic mass is 10.1. The SMILES string of the molecule is N#Cc1c(NC(=O)C=Cc2ccoc2)sc2c1CCNC2. The number of nitriles is 1. The molecule has 1 amide bonds. The minimum Gasteiger partial charge on any atom is -0.472 e. The molecule has 2 aromatic rings. The number of amides is 1. The van der Waals surface area contributed by atoms with Crippen LogP contribution in [0, 0.1) is 11.3 Å². The number of hydrogen-bond donors (Lipinski definition) is 2. The Morgan fingerprint density at radius 3 is 3.24 bits per heavy atom. The van der Waals surface area contributed by atoms with Crippen LogP contribution >= 0.6 is 11.3 Å². The molecule has 1 aliphatic heterocycles. The first-order valence-corrected chi connectivity index (χ1v) is 7.36. The van der Waals surface area contributed by atoms with Gasteiger partial charge in [0.25, 0.3) is 0 Å². The van der Waals surface area contributed by atoms with Crippen LogP contribution in [0.5, 0.6) is 0 Å². The second kappa shape index (κ2) is 5.95. The molecule has 2 N–H and O–H groups in total. The summed E-state index contributed by atoms with van der Waals surface area (Å²) in [4.78, 5) is 13.1. The van der Waals surface area contributed by atoms with Gasteiger partial charge in [-0.2, -0.15) is 5.26 Å². The minimum atomic E-state index is -0.251. The monoisotopic (exact) mass is 299 g/mol. The lowest BCUT2D eigenvalue weighted by Gasteiger charge is -2.11. The zero-order chi connectivity index (χ0) is 14.7. The van der Waals surface area contributed by atoms with Crippen LogP contribution in [0.25, 0.3) is 6.08 Å². The first kappa shape index (κ1) is 13.6. The van der Waals surface area contributed by atoms with E-state index in [1.54, 1.807) is 24.7 Å². The molecule has 6 heteroatoms. The average Bonchev–Trinajstić information content (AvgIpc) is 3.12. The van der Waals surface area contributed by atoms with Crippen LogP contribution in [0.15, 0.2) is 29.1 Å². The van der Waals surface area contributed by atoms with Crippen molar-refractivity contribution < 1.29 is 9.21 Å². The molecule has 21 heavy (non-hydrogen) atoms. The van der Waals surface area contributed by atoms with Crippen LogP contribution < -0.4 is 10.6 Å². The highest BCUT2D eigenvalue weighted by Gasteiger charge is 2.21. The number of carbonyl (C=O) groups is 1. The van der Waals surface area contributed by atoms with Crippen LogP contribution in [-0.4, -0.2) is 12.5 Å². The molecule has 0 bridgehead atoms. The third kappa shape index (κ3) is 2.89. The summed E-state index contributed by atoms with van der Waals surface area (Å²) in [6.07, 6.45) is 7.03. The molecule has 106 valence electrons. The van der Waals surface area contributed by atoms with Gasteiger partial charge in [0.15, 0.2) is 0 Å². The van der Waals surface area contributed by atoms with Crippen LogP contribution in [-0.2, 0) is 17.8 Å². The number of nitrogens with one attached hydrogen (secondary N) is 2. The van der Waals surface area contributed by atoms with E-state index in [0.717, 1.165) is 35.5 Å². The number of fused-ring (bicyclic) bond motifs is 1. The topological polar surface area (TPSA) is 78.1 Å². The van der Waals surface area contributed by atoms with Crippen molar-refractivity contribution in [1.82, 2.24) is 5.32 Å². The number of carbonyl (C=O) groups excluding carboxylic acids is 1. The van der Waals surface area contributed by atoms with E-state index < -0.39 is 0 Å². The highest BCUT2D eigenvalue weighted by atomic mass is 32.1.